The van der Waals surface area contributed by atoms with Gasteiger partial charge in [-0.3, -0.25) is 10.3 Å². The second-order valence-electron chi connectivity index (χ2n) is 7.10. The first-order valence-electron chi connectivity index (χ1n) is 9.53. The number of piperazine rings is 1. The number of hydrogen-bond donors (Lipinski definition) is 3. The number of benzene rings is 1. The lowest BCUT2D eigenvalue weighted by Crippen LogP contribution is -2.47. The van der Waals surface area contributed by atoms with Crippen LogP contribution >= 0.6 is 0 Å². The van der Waals surface area contributed by atoms with Crippen molar-refractivity contribution in [3.05, 3.63) is 41.9 Å². The van der Waals surface area contributed by atoms with Gasteiger partial charge in [-0.1, -0.05) is 0 Å². The second kappa shape index (κ2) is 8.99. The van der Waals surface area contributed by atoms with E-state index < -0.39 is 0 Å². The molecule has 8 nitrogen and oxygen atoms in total. The van der Waals surface area contributed by atoms with Crippen molar-refractivity contribution in [1.29, 1.82) is 5.41 Å². The Morgan fingerprint density at radius 3 is 2.64 bits per heavy atom. The summed E-state index contributed by atoms with van der Waals surface area (Å²) < 4.78 is 5.73. The molecule has 0 unspecified atom stereocenters. The summed E-state index contributed by atoms with van der Waals surface area (Å²) in [5.41, 5.74) is 7.98. The fourth-order valence-electron chi connectivity index (χ4n) is 3.23. The summed E-state index contributed by atoms with van der Waals surface area (Å²) in [5.74, 6) is 1.48. The molecule has 1 aromatic carbocycles. The number of anilines is 2. The van der Waals surface area contributed by atoms with E-state index >= 15 is 0 Å². The van der Waals surface area contributed by atoms with Gasteiger partial charge in [-0.15, -0.1) is 0 Å². The molecule has 2 aromatic rings. The summed E-state index contributed by atoms with van der Waals surface area (Å²) in [6, 6.07) is 7.18. The summed E-state index contributed by atoms with van der Waals surface area (Å²) in [4.78, 5) is 13.1. The van der Waals surface area contributed by atoms with Crippen LogP contribution in [0.25, 0.3) is 0 Å². The third-order valence-corrected chi connectivity index (χ3v) is 4.69. The number of ether oxygens (including phenoxy) is 1. The van der Waals surface area contributed by atoms with Crippen LogP contribution < -0.4 is 15.4 Å². The van der Waals surface area contributed by atoms with Crippen LogP contribution in [0.1, 0.15) is 25.1 Å². The first kappa shape index (κ1) is 20.0. The maximum Gasteiger partial charge on any atom is 0.132 e. The molecule has 0 aliphatic carbocycles. The number of nitrogens with one attached hydrogen (secondary N) is 1. The molecule has 0 radical (unpaired) electrons. The maximum absolute atomic E-state index is 9.08. The van der Waals surface area contributed by atoms with E-state index in [4.69, 9.17) is 21.0 Å². The van der Waals surface area contributed by atoms with Crippen LogP contribution in [-0.2, 0) is 0 Å². The van der Waals surface area contributed by atoms with Crippen molar-refractivity contribution in [3.63, 3.8) is 0 Å². The third kappa shape index (κ3) is 4.76. The van der Waals surface area contributed by atoms with Crippen molar-refractivity contribution in [1.82, 2.24) is 14.9 Å². The Labute approximate surface area is 165 Å². The molecule has 150 valence electrons. The number of aliphatic hydroxyl groups excluding tert-OH is 1. The number of nitrogens with two attached hydrogens (primary N) is 1. The van der Waals surface area contributed by atoms with E-state index in [1.165, 1.54) is 6.33 Å². The van der Waals surface area contributed by atoms with E-state index in [1.54, 1.807) is 12.1 Å². The predicted molar refractivity (Wildman–Crippen MR) is 110 cm³/mol. The van der Waals surface area contributed by atoms with Gasteiger partial charge in [0.25, 0.3) is 0 Å². The topological polar surface area (TPSA) is 112 Å². The zero-order valence-corrected chi connectivity index (χ0v) is 16.4. The van der Waals surface area contributed by atoms with Crippen LogP contribution in [0.2, 0.25) is 0 Å². The molecule has 1 aliphatic heterocycles. The summed E-state index contributed by atoms with van der Waals surface area (Å²) in [6.45, 7) is 8.18. The molecule has 1 saturated heterocycles. The number of nitrogens with zero attached hydrogens (tertiary/aromatic N) is 4. The summed E-state index contributed by atoms with van der Waals surface area (Å²) >= 11 is 0. The normalized spacial score (nSPS) is 15.1. The van der Waals surface area contributed by atoms with E-state index in [0.29, 0.717) is 29.2 Å². The van der Waals surface area contributed by atoms with Gasteiger partial charge in [0.1, 0.15) is 17.9 Å². The molecule has 0 bridgehead atoms. The Morgan fingerprint density at radius 1 is 1.21 bits per heavy atom. The molecule has 0 saturated carbocycles. The lowest BCUT2D eigenvalue weighted by atomic mass is 10.0. The van der Waals surface area contributed by atoms with Crippen molar-refractivity contribution in [3.8, 4) is 5.75 Å². The van der Waals surface area contributed by atoms with Crippen LogP contribution in [0.3, 0.4) is 0 Å². The number of hydrogen-bond acceptors (Lipinski definition) is 8. The highest BCUT2D eigenvalue weighted by Gasteiger charge is 2.19. The highest BCUT2D eigenvalue weighted by atomic mass is 16.5. The highest BCUT2D eigenvalue weighted by Crippen LogP contribution is 2.24. The van der Waals surface area contributed by atoms with E-state index in [2.05, 4.69) is 19.8 Å². The smallest absolute Gasteiger partial charge is 0.132 e. The number of rotatable bonds is 7. The van der Waals surface area contributed by atoms with E-state index in [9.17, 15) is 0 Å². The molecule has 2 heterocycles. The molecule has 3 rings (SSSR count). The van der Waals surface area contributed by atoms with E-state index in [-0.39, 0.29) is 18.4 Å². The quantitative estimate of drug-likeness (QED) is 0.488. The molecule has 0 amide bonds. The largest absolute Gasteiger partial charge is 0.491 e. The van der Waals surface area contributed by atoms with Gasteiger partial charge in [0.05, 0.1) is 24.1 Å². The molecular formula is C20H28N6O2. The average molecular weight is 384 g/mol. The number of β-amino-alcohol motifs (C(OH)–C–C–N with tert-alkyl or cyclic N) is 1. The monoisotopic (exact) mass is 384 g/mol. The molecule has 4 N–H and O–H groups in total. The predicted octanol–water partition coefficient (Wildman–Crippen LogP) is 1.38. The highest BCUT2D eigenvalue weighted by molar-refractivity contribution is 6.13. The molecule has 1 aromatic heterocycles. The minimum Gasteiger partial charge on any atom is -0.491 e. The summed E-state index contributed by atoms with van der Waals surface area (Å²) in [7, 11) is 0. The standard InChI is InChI=1S/C20H28N6O2/c1-14(2)28-15-3-4-17(21)16(11-15)20(22)18-12-19(24-13-23-18)26-7-5-25(6-8-26)9-10-27/h3-4,11-14,22,27H,5-10,21H2,1-2H3. The third-order valence-electron chi connectivity index (χ3n) is 4.69. The zero-order valence-electron chi connectivity index (χ0n) is 16.4. The van der Waals surface area contributed by atoms with Gasteiger partial charge in [0, 0.05) is 50.0 Å². The van der Waals surface area contributed by atoms with Gasteiger partial charge in [0.15, 0.2) is 0 Å². The Bertz CT molecular complexity index is 818. The Balaban J connectivity index is 1.78. The van der Waals surface area contributed by atoms with Crippen molar-refractivity contribution < 1.29 is 9.84 Å². The molecular weight excluding hydrogens is 356 g/mol. The fourth-order valence-corrected chi connectivity index (χ4v) is 3.23. The van der Waals surface area contributed by atoms with Crippen molar-refractivity contribution >= 4 is 17.2 Å². The molecule has 1 fully saturated rings. The summed E-state index contributed by atoms with van der Waals surface area (Å²) in [5, 5.41) is 17.7. The molecule has 1 aliphatic rings. The van der Waals surface area contributed by atoms with Gasteiger partial charge in [0.2, 0.25) is 0 Å². The second-order valence-corrected chi connectivity index (χ2v) is 7.10. The van der Waals surface area contributed by atoms with E-state index in [0.717, 1.165) is 32.0 Å². The van der Waals surface area contributed by atoms with Gasteiger partial charge >= 0.3 is 0 Å². The SMILES string of the molecule is CC(C)Oc1ccc(N)c(C(=N)c2cc(N3CCN(CCO)CC3)ncn2)c1. The average Bonchev–Trinajstić information content (AvgIpc) is 2.69. The van der Waals surface area contributed by atoms with Crippen LogP contribution in [-0.4, -0.2) is 71.1 Å². The number of nitrogen functional groups attached to an aromatic ring is 1. The minimum absolute atomic E-state index is 0.0424. The van der Waals surface area contributed by atoms with Crippen LogP contribution in [0.15, 0.2) is 30.6 Å². The van der Waals surface area contributed by atoms with Crippen molar-refractivity contribution in [2.75, 3.05) is 50.0 Å². The zero-order chi connectivity index (χ0) is 20.1. The first-order chi connectivity index (χ1) is 13.5. The Morgan fingerprint density at radius 2 is 1.96 bits per heavy atom. The van der Waals surface area contributed by atoms with E-state index in [1.807, 2.05) is 26.0 Å². The first-order valence-corrected chi connectivity index (χ1v) is 9.53. The lowest BCUT2D eigenvalue weighted by Gasteiger charge is -2.35. The van der Waals surface area contributed by atoms with Crippen LogP contribution in [0.4, 0.5) is 11.5 Å². The molecule has 0 spiro atoms. The minimum atomic E-state index is 0.0424. The fraction of sp³-hybridized carbons (Fsp3) is 0.450. The Hall–Kier alpha value is -2.71. The Kier molecular flexibility index (Phi) is 6.43. The van der Waals surface area contributed by atoms with Gasteiger partial charge < -0.3 is 20.5 Å². The number of aliphatic hydroxyl groups is 1. The van der Waals surface area contributed by atoms with Gasteiger partial charge in [-0.25, -0.2) is 9.97 Å². The number of aromatic nitrogens is 2. The van der Waals surface area contributed by atoms with Crippen molar-refractivity contribution in [2.45, 2.75) is 20.0 Å². The van der Waals surface area contributed by atoms with Gasteiger partial charge in [-0.05, 0) is 32.0 Å². The maximum atomic E-state index is 9.08. The molecule has 8 heteroatoms. The van der Waals surface area contributed by atoms with Crippen LogP contribution in [0.5, 0.6) is 5.75 Å². The van der Waals surface area contributed by atoms with Crippen LogP contribution in [0, 0.1) is 5.41 Å². The molecule has 28 heavy (non-hydrogen) atoms. The summed E-state index contributed by atoms with van der Waals surface area (Å²) in [6.07, 6.45) is 1.53. The molecule has 0 atom stereocenters. The lowest BCUT2D eigenvalue weighted by molar-refractivity contribution is 0.188. The van der Waals surface area contributed by atoms with Gasteiger partial charge in [-0.2, -0.15) is 0 Å². The van der Waals surface area contributed by atoms with Crippen molar-refractivity contribution in [2.24, 2.45) is 0 Å².